The second kappa shape index (κ2) is 4.20. The molecule has 1 aromatic heterocycles. The highest BCUT2D eigenvalue weighted by Gasteiger charge is 2.28. The summed E-state index contributed by atoms with van der Waals surface area (Å²) >= 11 is 0. The smallest absolute Gasteiger partial charge is 0.356 e. The SMILES string of the molecule is Cc1c(C(=O)O)nn(N2CCC[C@H]2C=O)c1C. The van der Waals surface area contributed by atoms with Crippen LogP contribution in [0.2, 0.25) is 0 Å². The molecule has 6 heteroatoms. The number of carboxylic acid groups (broad SMARTS) is 1. The molecule has 1 aliphatic heterocycles. The van der Waals surface area contributed by atoms with Crippen LogP contribution in [0.1, 0.15) is 34.6 Å². The van der Waals surface area contributed by atoms with E-state index >= 15 is 0 Å². The molecular weight excluding hydrogens is 222 g/mol. The van der Waals surface area contributed by atoms with E-state index in [1.54, 1.807) is 11.7 Å². The summed E-state index contributed by atoms with van der Waals surface area (Å²) < 4.78 is 0. The summed E-state index contributed by atoms with van der Waals surface area (Å²) in [5.74, 6) is -1.04. The highest BCUT2D eigenvalue weighted by molar-refractivity contribution is 5.87. The molecule has 0 radical (unpaired) electrons. The number of carboxylic acids is 1. The van der Waals surface area contributed by atoms with Crippen molar-refractivity contribution in [1.82, 2.24) is 9.89 Å². The van der Waals surface area contributed by atoms with E-state index in [4.69, 9.17) is 5.11 Å². The number of aromatic nitrogens is 2. The lowest BCUT2D eigenvalue weighted by Gasteiger charge is -2.23. The number of carbonyl (C=O) groups excluding carboxylic acids is 1. The lowest BCUT2D eigenvalue weighted by molar-refractivity contribution is -0.109. The van der Waals surface area contributed by atoms with Crippen LogP contribution in [0.5, 0.6) is 0 Å². The normalized spacial score (nSPS) is 19.6. The summed E-state index contributed by atoms with van der Waals surface area (Å²) in [7, 11) is 0. The Hall–Kier alpha value is -1.85. The van der Waals surface area contributed by atoms with E-state index in [1.807, 2.05) is 11.9 Å². The minimum absolute atomic E-state index is 0.0547. The van der Waals surface area contributed by atoms with Crippen LogP contribution in [-0.2, 0) is 4.79 Å². The predicted octanol–water partition coefficient (Wildman–Crippen LogP) is 0.497. The standard InChI is InChI=1S/C11H15N3O3/c1-7-8(2)14(12-10(7)11(16)17)13-5-3-4-9(13)6-15/h6,9H,3-5H2,1-2H3,(H,16,17)/t9-/m0/s1. The van der Waals surface area contributed by atoms with Gasteiger partial charge in [-0.2, -0.15) is 4.79 Å². The maximum Gasteiger partial charge on any atom is 0.356 e. The van der Waals surface area contributed by atoms with Gasteiger partial charge >= 0.3 is 5.97 Å². The number of aromatic carboxylic acids is 1. The van der Waals surface area contributed by atoms with Crippen LogP contribution < -0.4 is 5.01 Å². The topological polar surface area (TPSA) is 75.4 Å². The number of aldehydes is 1. The first kappa shape index (κ1) is 11.6. The Morgan fingerprint density at radius 3 is 2.76 bits per heavy atom. The summed E-state index contributed by atoms with van der Waals surface area (Å²) in [6, 6.07) is -0.199. The molecule has 1 fully saturated rings. The van der Waals surface area contributed by atoms with Crippen LogP contribution in [0.15, 0.2) is 0 Å². The van der Waals surface area contributed by atoms with Crippen LogP contribution in [0.3, 0.4) is 0 Å². The highest BCUT2D eigenvalue weighted by atomic mass is 16.4. The molecule has 1 atom stereocenters. The monoisotopic (exact) mass is 237 g/mol. The molecule has 6 nitrogen and oxygen atoms in total. The van der Waals surface area contributed by atoms with Crippen LogP contribution >= 0.6 is 0 Å². The predicted molar refractivity (Wildman–Crippen MR) is 60.8 cm³/mol. The van der Waals surface area contributed by atoms with Crippen molar-refractivity contribution in [2.75, 3.05) is 11.6 Å². The second-order valence-corrected chi connectivity index (χ2v) is 4.26. The van der Waals surface area contributed by atoms with E-state index in [0.717, 1.165) is 31.4 Å². The number of hydrogen-bond acceptors (Lipinski definition) is 4. The Morgan fingerprint density at radius 1 is 1.53 bits per heavy atom. The number of carbonyl (C=O) groups is 2. The van der Waals surface area contributed by atoms with Crippen molar-refractivity contribution in [2.45, 2.75) is 32.7 Å². The summed E-state index contributed by atoms with van der Waals surface area (Å²) in [4.78, 5) is 23.5. The third kappa shape index (κ3) is 1.79. The van der Waals surface area contributed by atoms with Crippen molar-refractivity contribution in [2.24, 2.45) is 0 Å². The molecule has 1 aliphatic rings. The molecule has 0 aromatic carbocycles. The van der Waals surface area contributed by atoms with E-state index in [1.165, 1.54) is 0 Å². The minimum Gasteiger partial charge on any atom is -0.476 e. The third-order valence-corrected chi connectivity index (χ3v) is 3.27. The molecule has 1 N–H and O–H groups in total. The van der Waals surface area contributed by atoms with Crippen LogP contribution in [0, 0.1) is 13.8 Å². The average Bonchev–Trinajstić information content (AvgIpc) is 2.85. The maximum absolute atomic E-state index is 11.0. The molecule has 92 valence electrons. The Balaban J connectivity index is 2.42. The summed E-state index contributed by atoms with van der Waals surface area (Å²) in [5, 5.41) is 14.9. The lowest BCUT2D eigenvalue weighted by atomic mass is 10.2. The largest absolute Gasteiger partial charge is 0.476 e. The number of rotatable bonds is 3. The fraction of sp³-hybridized carbons (Fsp3) is 0.545. The Labute approximate surface area is 98.8 Å². The van der Waals surface area contributed by atoms with E-state index in [9.17, 15) is 9.59 Å². The first-order valence-corrected chi connectivity index (χ1v) is 5.58. The molecule has 0 amide bonds. The van der Waals surface area contributed by atoms with Gasteiger partial charge in [0.1, 0.15) is 12.3 Å². The first-order chi connectivity index (χ1) is 8.06. The van der Waals surface area contributed by atoms with Crippen molar-refractivity contribution in [1.29, 1.82) is 0 Å². The van der Waals surface area contributed by atoms with Gasteiger partial charge in [-0.05, 0) is 26.7 Å². The van der Waals surface area contributed by atoms with Crippen molar-refractivity contribution in [3.63, 3.8) is 0 Å². The second-order valence-electron chi connectivity index (χ2n) is 4.26. The quantitative estimate of drug-likeness (QED) is 0.775. The molecule has 2 rings (SSSR count). The van der Waals surface area contributed by atoms with E-state index in [0.29, 0.717) is 5.56 Å². The van der Waals surface area contributed by atoms with Crippen molar-refractivity contribution in [3.05, 3.63) is 17.0 Å². The van der Waals surface area contributed by atoms with Gasteiger partial charge in [-0.1, -0.05) is 0 Å². The summed E-state index contributed by atoms with van der Waals surface area (Å²) in [6.07, 6.45) is 2.61. The fourth-order valence-electron chi connectivity index (χ4n) is 2.17. The molecule has 0 aliphatic carbocycles. The molecule has 0 bridgehead atoms. The highest BCUT2D eigenvalue weighted by Crippen LogP contribution is 2.19. The number of hydrogen-bond donors (Lipinski definition) is 1. The molecule has 1 aromatic rings. The van der Waals surface area contributed by atoms with Gasteiger partial charge in [0.05, 0.1) is 5.69 Å². The Morgan fingerprint density at radius 2 is 2.24 bits per heavy atom. The Kier molecular flexibility index (Phi) is 2.87. The average molecular weight is 237 g/mol. The van der Waals surface area contributed by atoms with Crippen LogP contribution in [0.25, 0.3) is 0 Å². The van der Waals surface area contributed by atoms with Crippen LogP contribution in [0.4, 0.5) is 0 Å². The van der Waals surface area contributed by atoms with Crippen molar-refractivity contribution in [3.8, 4) is 0 Å². The van der Waals surface area contributed by atoms with E-state index in [-0.39, 0.29) is 11.7 Å². The third-order valence-electron chi connectivity index (χ3n) is 3.27. The Bertz CT molecular complexity index is 467. The molecule has 17 heavy (non-hydrogen) atoms. The van der Waals surface area contributed by atoms with Gasteiger partial charge in [0, 0.05) is 12.1 Å². The zero-order chi connectivity index (χ0) is 12.6. The fourth-order valence-corrected chi connectivity index (χ4v) is 2.17. The van der Waals surface area contributed by atoms with Gasteiger partial charge in [0.2, 0.25) is 0 Å². The lowest BCUT2D eigenvalue weighted by Crippen LogP contribution is -2.41. The maximum atomic E-state index is 11.0. The first-order valence-electron chi connectivity index (χ1n) is 5.58. The van der Waals surface area contributed by atoms with Gasteiger partial charge in [0.25, 0.3) is 0 Å². The summed E-state index contributed by atoms with van der Waals surface area (Å²) in [5.41, 5.74) is 1.48. The molecule has 0 spiro atoms. The van der Waals surface area contributed by atoms with Gasteiger partial charge in [-0.25, -0.2) is 4.79 Å². The molecule has 1 saturated heterocycles. The van der Waals surface area contributed by atoms with Gasteiger partial charge in [-0.3, -0.25) is 5.01 Å². The van der Waals surface area contributed by atoms with E-state index < -0.39 is 5.97 Å². The van der Waals surface area contributed by atoms with Gasteiger partial charge < -0.3 is 9.90 Å². The zero-order valence-electron chi connectivity index (χ0n) is 9.88. The van der Waals surface area contributed by atoms with Crippen molar-refractivity contribution >= 4 is 12.3 Å². The van der Waals surface area contributed by atoms with E-state index in [2.05, 4.69) is 5.10 Å². The van der Waals surface area contributed by atoms with Gasteiger partial charge in [0.15, 0.2) is 5.69 Å². The van der Waals surface area contributed by atoms with Gasteiger partial charge in [-0.15, -0.1) is 5.10 Å². The molecule has 0 unspecified atom stereocenters. The zero-order valence-corrected chi connectivity index (χ0v) is 9.88. The number of nitrogens with zero attached hydrogens (tertiary/aromatic N) is 3. The molecular formula is C11H15N3O3. The summed E-state index contributed by atoms with van der Waals surface area (Å²) in [6.45, 7) is 4.27. The minimum atomic E-state index is -1.04. The molecule has 0 saturated carbocycles. The van der Waals surface area contributed by atoms with Crippen molar-refractivity contribution < 1.29 is 14.7 Å². The molecule has 2 heterocycles. The van der Waals surface area contributed by atoms with Crippen LogP contribution in [-0.4, -0.2) is 39.8 Å².